The molecule has 1 heterocycles. The molecule has 1 fully saturated rings. The third-order valence-corrected chi connectivity index (χ3v) is 4.10. The van der Waals surface area contributed by atoms with Crippen molar-refractivity contribution in [1.82, 2.24) is 4.90 Å². The maximum Gasteiger partial charge on any atom is 0.225 e. The number of carbonyl (C=O) groups excluding carboxylic acids is 1. The summed E-state index contributed by atoms with van der Waals surface area (Å²) < 4.78 is 12.8. The Morgan fingerprint density at radius 3 is 2.57 bits per heavy atom. The molecule has 0 bridgehead atoms. The second kappa shape index (κ2) is 7.52. The Bertz CT molecular complexity index is 454. The average Bonchev–Trinajstić information content (AvgIpc) is 2.48. The fourth-order valence-corrected chi connectivity index (χ4v) is 2.68. The number of hydrogen-bond donors (Lipinski definition) is 2. The van der Waals surface area contributed by atoms with Gasteiger partial charge in [-0.25, -0.2) is 4.39 Å². The number of nitrogens with zero attached hydrogens (tertiary/aromatic N) is 1. The molecule has 0 spiro atoms. The van der Waals surface area contributed by atoms with Crippen molar-refractivity contribution in [3.63, 3.8) is 0 Å². The lowest BCUT2D eigenvalue weighted by Gasteiger charge is -2.33. The van der Waals surface area contributed by atoms with E-state index in [4.69, 9.17) is 0 Å². The highest BCUT2D eigenvalue weighted by Gasteiger charge is 2.22. The van der Waals surface area contributed by atoms with Crippen LogP contribution in [-0.2, 0) is 4.79 Å². The third kappa shape index (κ3) is 5.10. The first kappa shape index (κ1) is 15.9. The van der Waals surface area contributed by atoms with Gasteiger partial charge in [0.25, 0.3) is 0 Å². The van der Waals surface area contributed by atoms with Crippen molar-refractivity contribution in [3.05, 3.63) is 30.1 Å². The van der Waals surface area contributed by atoms with E-state index in [1.807, 2.05) is 6.92 Å². The van der Waals surface area contributed by atoms with E-state index in [2.05, 4.69) is 10.2 Å². The summed E-state index contributed by atoms with van der Waals surface area (Å²) in [6.45, 7) is 4.43. The van der Waals surface area contributed by atoms with Crippen LogP contribution in [0.4, 0.5) is 10.1 Å². The SMILES string of the molecule is CC(O)C1CCN(CCC(=O)Nc2ccc(F)cc2)CC1. The smallest absolute Gasteiger partial charge is 0.225 e. The van der Waals surface area contributed by atoms with Gasteiger partial charge in [0.1, 0.15) is 5.82 Å². The molecule has 116 valence electrons. The molecule has 1 saturated heterocycles. The quantitative estimate of drug-likeness (QED) is 0.876. The molecule has 4 nitrogen and oxygen atoms in total. The zero-order chi connectivity index (χ0) is 15.2. The molecule has 1 aromatic carbocycles. The van der Waals surface area contributed by atoms with Crippen LogP contribution in [0.5, 0.6) is 0 Å². The molecule has 0 aliphatic carbocycles. The normalized spacial score (nSPS) is 18.4. The highest BCUT2D eigenvalue weighted by molar-refractivity contribution is 5.90. The number of carbonyl (C=O) groups is 1. The molecule has 0 radical (unpaired) electrons. The number of likely N-dealkylation sites (tertiary alicyclic amines) is 1. The van der Waals surface area contributed by atoms with Crippen molar-refractivity contribution < 1.29 is 14.3 Å². The van der Waals surface area contributed by atoms with E-state index in [9.17, 15) is 14.3 Å². The van der Waals surface area contributed by atoms with E-state index in [-0.39, 0.29) is 17.8 Å². The molecule has 1 unspecified atom stereocenters. The van der Waals surface area contributed by atoms with Gasteiger partial charge in [0, 0.05) is 18.7 Å². The Morgan fingerprint density at radius 2 is 2.00 bits per heavy atom. The van der Waals surface area contributed by atoms with Crippen molar-refractivity contribution in [1.29, 1.82) is 0 Å². The van der Waals surface area contributed by atoms with Crippen LogP contribution in [-0.4, -0.2) is 41.7 Å². The van der Waals surface area contributed by atoms with Crippen LogP contribution in [0.1, 0.15) is 26.2 Å². The van der Waals surface area contributed by atoms with E-state index in [1.54, 1.807) is 12.1 Å². The lowest BCUT2D eigenvalue weighted by atomic mass is 9.92. The second-order valence-electron chi connectivity index (χ2n) is 5.72. The molecular formula is C16H23FN2O2. The van der Waals surface area contributed by atoms with Gasteiger partial charge in [0.2, 0.25) is 5.91 Å². The lowest BCUT2D eigenvalue weighted by Crippen LogP contribution is -2.38. The van der Waals surface area contributed by atoms with Crippen molar-refractivity contribution in [2.45, 2.75) is 32.3 Å². The second-order valence-corrected chi connectivity index (χ2v) is 5.72. The van der Waals surface area contributed by atoms with Crippen LogP contribution in [0, 0.1) is 11.7 Å². The fraction of sp³-hybridized carbons (Fsp3) is 0.562. The topological polar surface area (TPSA) is 52.6 Å². The van der Waals surface area contributed by atoms with E-state index in [0.29, 0.717) is 18.0 Å². The molecule has 5 heteroatoms. The molecule has 1 amide bonds. The van der Waals surface area contributed by atoms with Gasteiger partial charge in [-0.3, -0.25) is 4.79 Å². The lowest BCUT2D eigenvalue weighted by molar-refractivity contribution is -0.116. The summed E-state index contributed by atoms with van der Waals surface area (Å²) in [5.41, 5.74) is 0.620. The largest absolute Gasteiger partial charge is 0.393 e. The number of piperidine rings is 1. The number of rotatable bonds is 5. The molecule has 2 N–H and O–H groups in total. The molecule has 0 aromatic heterocycles. The Hall–Kier alpha value is -1.46. The first-order valence-corrected chi connectivity index (χ1v) is 7.50. The number of hydrogen-bond acceptors (Lipinski definition) is 3. The number of aliphatic hydroxyl groups excluding tert-OH is 1. The maximum atomic E-state index is 12.8. The van der Waals surface area contributed by atoms with Gasteiger partial charge in [0.15, 0.2) is 0 Å². The number of aliphatic hydroxyl groups is 1. The number of halogens is 1. The molecule has 0 saturated carbocycles. The molecule has 1 aromatic rings. The number of benzene rings is 1. The van der Waals surface area contributed by atoms with Crippen LogP contribution in [0.25, 0.3) is 0 Å². The zero-order valence-electron chi connectivity index (χ0n) is 12.4. The minimum atomic E-state index is -0.311. The predicted molar refractivity (Wildman–Crippen MR) is 80.5 cm³/mol. The van der Waals surface area contributed by atoms with Gasteiger partial charge in [-0.15, -0.1) is 0 Å². The summed E-state index contributed by atoms with van der Waals surface area (Å²) in [5.74, 6) is 0.0162. The third-order valence-electron chi connectivity index (χ3n) is 4.10. The Kier molecular flexibility index (Phi) is 5.70. The van der Waals surface area contributed by atoms with Crippen LogP contribution < -0.4 is 5.32 Å². The van der Waals surface area contributed by atoms with Crippen molar-refractivity contribution in [3.8, 4) is 0 Å². The van der Waals surface area contributed by atoms with Crippen molar-refractivity contribution in [2.24, 2.45) is 5.92 Å². The highest BCUT2D eigenvalue weighted by Crippen LogP contribution is 2.20. The maximum absolute atomic E-state index is 12.8. The van der Waals surface area contributed by atoms with Crippen LogP contribution in [0.2, 0.25) is 0 Å². The fourth-order valence-electron chi connectivity index (χ4n) is 2.68. The number of nitrogens with one attached hydrogen (secondary N) is 1. The average molecular weight is 294 g/mol. The minimum absolute atomic E-state index is 0.0562. The Labute approximate surface area is 125 Å². The predicted octanol–water partition coefficient (Wildman–Crippen LogP) is 2.25. The summed E-state index contributed by atoms with van der Waals surface area (Å²) in [6.07, 6.45) is 2.15. The molecule has 21 heavy (non-hydrogen) atoms. The molecular weight excluding hydrogens is 271 g/mol. The summed E-state index contributed by atoms with van der Waals surface area (Å²) in [7, 11) is 0. The first-order valence-electron chi connectivity index (χ1n) is 7.50. The van der Waals surface area contributed by atoms with Gasteiger partial charge in [-0.05, 0) is 63.0 Å². The van der Waals surface area contributed by atoms with Gasteiger partial charge in [0.05, 0.1) is 6.10 Å². The van der Waals surface area contributed by atoms with Gasteiger partial charge in [-0.1, -0.05) is 0 Å². The highest BCUT2D eigenvalue weighted by atomic mass is 19.1. The van der Waals surface area contributed by atoms with Crippen LogP contribution >= 0.6 is 0 Å². The molecule has 1 aliphatic rings. The van der Waals surface area contributed by atoms with Crippen molar-refractivity contribution in [2.75, 3.05) is 25.0 Å². The Morgan fingerprint density at radius 1 is 1.38 bits per heavy atom. The van der Waals surface area contributed by atoms with Gasteiger partial charge >= 0.3 is 0 Å². The minimum Gasteiger partial charge on any atom is -0.393 e. The molecule has 1 aliphatic heterocycles. The van der Waals surface area contributed by atoms with Crippen LogP contribution in [0.15, 0.2) is 24.3 Å². The Balaban J connectivity index is 1.69. The summed E-state index contributed by atoms with van der Waals surface area (Å²) in [4.78, 5) is 14.1. The summed E-state index contributed by atoms with van der Waals surface area (Å²) >= 11 is 0. The van der Waals surface area contributed by atoms with E-state index < -0.39 is 0 Å². The molecule has 2 rings (SSSR count). The summed E-state index contributed by atoms with van der Waals surface area (Å²) in [6, 6.07) is 5.77. The number of amides is 1. The standard InChI is InChI=1S/C16H23FN2O2/c1-12(20)13-6-9-19(10-7-13)11-8-16(21)18-15-4-2-14(17)3-5-15/h2-5,12-13,20H,6-11H2,1H3,(H,18,21). The zero-order valence-corrected chi connectivity index (χ0v) is 12.4. The van der Waals surface area contributed by atoms with E-state index in [1.165, 1.54) is 12.1 Å². The number of anilines is 1. The van der Waals surface area contributed by atoms with E-state index in [0.717, 1.165) is 32.5 Å². The first-order chi connectivity index (χ1) is 10.0. The summed E-state index contributed by atoms with van der Waals surface area (Å²) in [5, 5.41) is 12.3. The van der Waals surface area contributed by atoms with Crippen molar-refractivity contribution >= 4 is 11.6 Å². The monoisotopic (exact) mass is 294 g/mol. The van der Waals surface area contributed by atoms with Gasteiger partial charge in [-0.2, -0.15) is 0 Å². The van der Waals surface area contributed by atoms with Crippen LogP contribution in [0.3, 0.4) is 0 Å². The molecule has 1 atom stereocenters. The van der Waals surface area contributed by atoms with E-state index >= 15 is 0 Å². The van der Waals surface area contributed by atoms with Gasteiger partial charge < -0.3 is 15.3 Å².